The van der Waals surface area contributed by atoms with E-state index in [-0.39, 0.29) is 18.5 Å². The van der Waals surface area contributed by atoms with Gasteiger partial charge in [0.05, 0.1) is 6.42 Å². The van der Waals surface area contributed by atoms with E-state index in [2.05, 4.69) is 19.2 Å². The zero-order valence-corrected chi connectivity index (χ0v) is 12.5. The Balaban J connectivity index is 2.10. The zero-order chi connectivity index (χ0) is 15.4. The van der Waals surface area contributed by atoms with E-state index in [1.165, 1.54) is 0 Å². The summed E-state index contributed by atoms with van der Waals surface area (Å²) in [6.45, 7) is 4.97. The van der Waals surface area contributed by atoms with Gasteiger partial charge in [0.1, 0.15) is 0 Å². The predicted molar refractivity (Wildman–Crippen MR) is 81.4 cm³/mol. The van der Waals surface area contributed by atoms with Crippen LogP contribution in [0, 0.1) is 5.92 Å². The number of urea groups is 1. The fourth-order valence-electron chi connectivity index (χ4n) is 2.77. The predicted octanol–water partition coefficient (Wildman–Crippen LogP) is 2.97. The van der Waals surface area contributed by atoms with E-state index in [9.17, 15) is 9.59 Å². The fraction of sp³-hybridized carbons (Fsp3) is 0.500. The number of carbonyl (C=O) groups excluding carboxylic acids is 1. The number of likely N-dealkylation sites (tertiary alicyclic amines) is 1. The van der Waals surface area contributed by atoms with Crippen LogP contribution in [0.5, 0.6) is 0 Å². The Hall–Kier alpha value is -2.04. The van der Waals surface area contributed by atoms with Crippen molar-refractivity contribution in [2.75, 3.05) is 11.9 Å². The molecule has 2 N–H and O–H groups in total. The molecule has 2 atom stereocenters. The van der Waals surface area contributed by atoms with Crippen LogP contribution in [0.3, 0.4) is 0 Å². The molecule has 0 aliphatic carbocycles. The molecule has 1 saturated heterocycles. The van der Waals surface area contributed by atoms with Gasteiger partial charge in [-0.15, -0.1) is 0 Å². The van der Waals surface area contributed by atoms with Gasteiger partial charge < -0.3 is 15.3 Å². The number of para-hydroxylation sites is 1. The van der Waals surface area contributed by atoms with Crippen LogP contribution in [0.1, 0.15) is 32.3 Å². The third-order valence-corrected chi connectivity index (χ3v) is 4.24. The molecule has 0 radical (unpaired) electrons. The lowest BCUT2D eigenvalue weighted by atomic mass is 9.92. The summed E-state index contributed by atoms with van der Waals surface area (Å²) >= 11 is 0. The minimum atomic E-state index is -0.906. The Kier molecular flexibility index (Phi) is 4.83. The fourth-order valence-corrected chi connectivity index (χ4v) is 2.77. The molecule has 2 rings (SSSR count). The van der Waals surface area contributed by atoms with Crippen LogP contribution in [-0.4, -0.2) is 34.6 Å². The number of carbonyl (C=O) groups is 2. The average Bonchev–Trinajstić information content (AvgIpc) is 2.43. The van der Waals surface area contributed by atoms with Crippen molar-refractivity contribution in [2.45, 2.75) is 39.2 Å². The minimum absolute atomic E-state index is 0.0948. The highest BCUT2D eigenvalue weighted by atomic mass is 16.4. The van der Waals surface area contributed by atoms with Gasteiger partial charge in [0.15, 0.2) is 0 Å². The van der Waals surface area contributed by atoms with Crippen LogP contribution >= 0.6 is 0 Å². The van der Waals surface area contributed by atoms with Gasteiger partial charge in [0, 0.05) is 18.3 Å². The highest BCUT2D eigenvalue weighted by Gasteiger charge is 2.28. The van der Waals surface area contributed by atoms with E-state index in [0.29, 0.717) is 17.2 Å². The summed E-state index contributed by atoms with van der Waals surface area (Å²) in [5, 5.41) is 11.8. The van der Waals surface area contributed by atoms with E-state index in [1.54, 1.807) is 24.3 Å². The average molecular weight is 290 g/mol. The minimum Gasteiger partial charge on any atom is -0.481 e. The standard InChI is InChI=1S/C16H22N2O3/c1-11-6-5-9-18(12(11)2)16(21)17-14-8-4-3-7-13(14)10-15(19)20/h3-4,7-8,11-12H,5-6,9-10H2,1-2H3,(H,17,21)(H,19,20). The lowest BCUT2D eigenvalue weighted by molar-refractivity contribution is -0.136. The van der Waals surface area contributed by atoms with Crippen LogP contribution in [0.2, 0.25) is 0 Å². The summed E-state index contributed by atoms with van der Waals surface area (Å²) in [4.78, 5) is 25.1. The third-order valence-electron chi connectivity index (χ3n) is 4.24. The smallest absolute Gasteiger partial charge is 0.322 e. The first-order valence-electron chi connectivity index (χ1n) is 7.36. The van der Waals surface area contributed by atoms with Crippen LogP contribution in [-0.2, 0) is 11.2 Å². The molecule has 5 nitrogen and oxygen atoms in total. The number of hydrogen-bond donors (Lipinski definition) is 2. The Labute approximate surface area is 125 Å². The molecule has 1 aromatic rings. The van der Waals surface area contributed by atoms with Crippen molar-refractivity contribution in [1.82, 2.24) is 4.90 Å². The van der Waals surface area contributed by atoms with Crippen molar-refractivity contribution in [2.24, 2.45) is 5.92 Å². The maximum absolute atomic E-state index is 12.4. The number of piperidine rings is 1. The Morgan fingerprint density at radius 1 is 1.33 bits per heavy atom. The molecule has 1 aliphatic rings. The molecule has 1 heterocycles. The summed E-state index contributed by atoms with van der Waals surface area (Å²) < 4.78 is 0. The number of aliphatic carboxylic acids is 1. The Morgan fingerprint density at radius 3 is 2.76 bits per heavy atom. The highest BCUT2D eigenvalue weighted by Crippen LogP contribution is 2.24. The molecular weight excluding hydrogens is 268 g/mol. The molecule has 1 aromatic carbocycles. The van der Waals surface area contributed by atoms with Crippen molar-refractivity contribution in [3.63, 3.8) is 0 Å². The molecular formula is C16H22N2O3. The van der Waals surface area contributed by atoms with Crippen LogP contribution in [0.4, 0.5) is 10.5 Å². The topological polar surface area (TPSA) is 69.6 Å². The van der Waals surface area contributed by atoms with Crippen molar-refractivity contribution >= 4 is 17.7 Å². The van der Waals surface area contributed by atoms with Crippen LogP contribution < -0.4 is 5.32 Å². The molecule has 0 spiro atoms. The monoisotopic (exact) mass is 290 g/mol. The second kappa shape index (κ2) is 6.61. The zero-order valence-electron chi connectivity index (χ0n) is 12.5. The SMILES string of the molecule is CC1CCCN(C(=O)Nc2ccccc2CC(=O)O)C1C. The van der Waals surface area contributed by atoms with E-state index in [1.807, 2.05) is 4.90 Å². The van der Waals surface area contributed by atoms with Gasteiger partial charge >= 0.3 is 12.0 Å². The van der Waals surface area contributed by atoms with Crippen molar-refractivity contribution < 1.29 is 14.7 Å². The first-order valence-corrected chi connectivity index (χ1v) is 7.36. The molecule has 0 bridgehead atoms. The maximum Gasteiger partial charge on any atom is 0.322 e. The van der Waals surface area contributed by atoms with Crippen molar-refractivity contribution in [3.8, 4) is 0 Å². The lowest BCUT2D eigenvalue weighted by Crippen LogP contribution is -2.48. The molecule has 5 heteroatoms. The van der Waals surface area contributed by atoms with Crippen LogP contribution in [0.25, 0.3) is 0 Å². The van der Waals surface area contributed by atoms with E-state index in [4.69, 9.17) is 5.11 Å². The van der Waals surface area contributed by atoms with Gasteiger partial charge in [-0.2, -0.15) is 0 Å². The number of rotatable bonds is 3. The first-order chi connectivity index (χ1) is 9.99. The number of carboxylic acid groups (broad SMARTS) is 1. The second-order valence-electron chi connectivity index (χ2n) is 5.71. The first kappa shape index (κ1) is 15.4. The summed E-state index contributed by atoms with van der Waals surface area (Å²) in [6.07, 6.45) is 2.05. The van der Waals surface area contributed by atoms with Crippen LogP contribution in [0.15, 0.2) is 24.3 Å². The van der Waals surface area contributed by atoms with E-state index >= 15 is 0 Å². The summed E-state index contributed by atoms with van der Waals surface area (Å²) in [5.74, 6) is -0.421. The second-order valence-corrected chi connectivity index (χ2v) is 5.71. The van der Waals surface area contributed by atoms with E-state index < -0.39 is 5.97 Å². The Bertz CT molecular complexity index is 530. The molecule has 1 aliphatic heterocycles. The van der Waals surface area contributed by atoms with Gasteiger partial charge in [-0.25, -0.2) is 4.79 Å². The summed E-state index contributed by atoms with van der Waals surface area (Å²) in [7, 11) is 0. The number of carboxylic acids is 1. The van der Waals surface area contributed by atoms with Gasteiger partial charge in [-0.3, -0.25) is 4.79 Å². The molecule has 0 aromatic heterocycles. The molecule has 114 valence electrons. The Morgan fingerprint density at radius 2 is 2.05 bits per heavy atom. The lowest BCUT2D eigenvalue weighted by Gasteiger charge is -2.37. The number of amides is 2. The van der Waals surface area contributed by atoms with Gasteiger partial charge in [-0.05, 0) is 37.3 Å². The molecule has 21 heavy (non-hydrogen) atoms. The van der Waals surface area contributed by atoms with Crippen molar-refractivity contribution in [1.29, 1.82) is 0 Å². The summed E-state index contributed by atoms with van der Waals surface area (Å²) in [5.41, 5.74) is 1.20. The quantitative estimate of drug-likeness (QED) is 0.899. The van der Waals surface area contributed by atoms with Gasteiger partial charge in [-0.1, -0.05) is 25.1 Å². The number of nitrogens with zero attached hydrogens (tertiary/aromatic N) is 1. The largest absolute Gasteiger partial charge is 0.481 e. The number of anilines is 1. The molecule has 1 fully saturated rings. The number of nitrogens with one attached hydrogen (secondary N) is 1. The normalized spacial score (nSPS) is 21.9. The maximum atomic E-state index is 12.4. The molecule has 0 saturated carbocycles. The van der Waals surface area contributed by atoms with Crippen molar-refractivity contribution in [3.05, 3.63) is 29.8 Å². The molecule has 2 unspecified atom stereocenters. The highest BCUT2D eigenvalue weighted by molar-refractivity contribution is 5.91. The number of benzene rings is 1. The summed E-state index contributed by atoms with van der Waals surface area (Å²) in [6, 6.07) is 7.10. The van der Waals surface area contributed by atoms with Gasteiger partial charge in [0.2, 0.25) is 0 Å². The van der Waals surface area contributed by atoms with Gasteiger partial charge in [0.25, 0.3) is 0 Å². The van der Waals surface area contributed by atoms with E-state index in [0.717, 1.165) is 19.4 Å². The third kappa shape index (κ3) is 3.74. The molecule has 2 amide bonds. The number of hydrogen-bond acceptors (Lipinski definition) is 2.